The Bertz CT molecular complexity index is 1270. The van der Waals surface area contributed by atoms with E-state index in [1.54, 1.807) is 12.2 Å². The lowest BCUT2D eigenvalue weighted by Crippen LogP contribution is -2.35. The number of aliphatic carboxylic acids is 1. The Balaban J connectivity index is 1.13. The summed E-state index contributed by atoms with van der Waals surface area (Å²) in [5.74, 6) is -1.83. The highest BCUT2D eigenvalue weighted by Gasteiger charge is 2.29. The quantitative estimate of drug-likeness (QED) is 0.453. The van der Waals surface area contributed by atoms with Gasteiger partial charge in [-0.2, -0.15) is 5.10 Å². The molecule has 0 spiro atoms. The molecule has 0 bridgehead atoms. The predicted octanol–water partition coefficient (Wildman–Crippen LogP) is 3.39. The molecule has 2 aliphatic rings. The number of amides is 2. The Hall–Kier alpha value is -4.40. The van der Waals surface area contributed by atoms with E-state index >= 15 is 0 Å². The second-order valence-electron chi connectivity index (χ2n) is 8.62. The van der Waals surface area contributed by atoms with Gasteiger partial charge in [0.25, 0.3) is 0 Å². The maximum absolute atomic E-state index is 12.4. The van der Waals surface area contributed by atoms with Gasteiger partial charge in [-0.1, -0.05) is 60.7 Å². The molecule has 9 heteroatoms. The van der Waals surface area contributed by atoms with Crippen molar-refractivity contribution in [3.8, 4) is 11.1 Å². The smallest absolute Gasteiger partial charge is 0.411 e. The van der Waals surface area contributed by atoms with E-state index in [4.69, 9.17) is 9.84 Å². The minimum absolute atomic E-state index is 0.0371. The Morgan fingerprint density at radius 1 is 1.03 bits per heavy atom. The third kappa shape index (κ3) is 4.79. The average molecular weight is 473 g/mol. The van der Waals surface area contributed by atoms with Crippen LogP contribution in [0.2, 0.25) is 0 Å². The molecule has 1 aromatic heterocycles. The van der Waals surface area contributed by atoms with Crippen molar-refractivity contribution in [2.24, 2.45) is 5.92 Å². The van der Waals surface area contributed by atoms with Crippen molar-refractivity contribution in [2.75, 3.05) is 11.9 Å². The summed E-state index contributed by atoms with van der Waals surface area (Å²) >= 11 is 0. The summed E-state index contributed by atoms with van der Waals surface area (Å²) in [5, 5.41) is 18.6. The fourth-order valence-corrected chi connectivity index (χ4v) is 4.66. The molecule has 1 heterocycles. The SMILES string of the molecule is O=C(Cn1cc(NC(=O)OCC2c3ccccc3-c3ccccc32)cn1)NC1C=CC(C(=O)O)C1. The molecule has 2 amide bonds. The lowest BCUT2D eigenvalue weighted by Gasteiger charge is -2.14. The number of carbonyl (C=O) groups is 3. The van der Waals surface area contributed by atoms with E-state index in [9.17, 15) is 14.4 Å². The van der Waals surface area contributed by atoms with Gasteiger partial charge in [-0.05, 0) is 28.7 Å². The zero-order valence-corrected chi connectivity index (χ0v) is 18.8. The molecule has 35 heavy (non-hydrogen) atoms. The second-order valence-corrected chi connectivity index (χ2v) is 8.62. The van der Waals surface area contributed by atoms with Crippen molar-refractivity contribution in [1.29, 1.82) is 0 Å². The van der Waals surface area contributed by atoms with Crippen LogP contribution in [0.25, 0.3) is 11.1 Å². The standard InChI is InChI=1S/C26H24N4O5/c31-24(28-17-10-9-16(11-17)25(32)33)14-30-13-18(12-27-30)29-26(34)35-15-23-21-7-3-1-5-19(21)20-6-2-4-8-22(20)23/h1-10,12-13,16-17,23H,11,14-15H2,(H,28,31)(H,29,34)(H,32,33). The Morgan fingerprint density at radius 2 is 1.71 bits per heavy atom. The van der Waals surface area contributed by atoms with Crippen molar-refractivity contribution in [3.05, 3.63) is 84.2 Å². The minimum atomic E-state index is -0.908. The monoisotopic (exact) mass is 472 g/mol. The first-order valence-corrected chi connectivity index (χ1v) is 11.3. The van der Waals surface area contributed by atoms with Crippen LogP contribution in [0.1, 0.15) is 23.5 Å². The number of carbonyl (C=O) groups excluding carboxylic acids is 2. The molecular weight excluding hydrogens is 448 g/mol. The van der Waals surface area contributed by atoms with Crippen molar-refractivity contribution in [2.45, 2.75) is 24.9 Å². The van der Waals surface area contributed by atoms with Gasteiger partial charge in [0, 0.05) is 18.2 Å². The van der Waals surface area contributed by atoms with E-state index in [1.807, 2.05) is 24.3 Å². The lowest BCUT2D eigenvalue weighted by atomic mass is 9.98. The topological polar surface area (TPSA) is 123 Å². The number of benzene rings is 2. The molecule has 0 aliphatic heterocycles. The largest absolute Gasteiger partial charge is 0.481 e. The van der Waals surface area contributed by atoms with Crippen LogP contribution >= 0.6 is 0 Å². The highest BCUT2D eigenvalue weighted by molar-refractivity contribution is 5.85. The summed E-state index contributed by atoms with van der Waals surface area (Å²) in [5.41, 5.74) is 4.98. The number of ether oxygens (including phenoxy) is 1. The van der Waals surface area contributed by atoms with E-state index in [2.05, 4.69) is 40.0 Å². The van der Waals surface area contributed by atoms with E-state index in [0.717, 1.165) is 22.3 Å². The molecule has 2 unspecified atom stereocenters. The van der Waals surface area contributed by atoms with Gasteiger partial charge in [-0.3, -0.25) is 19.6 Å². The van der Waals surface area contributed by atoms with Gasteiger partial charge in [0.2, 0.25) is 5.91 Å². The number of carboxylic acids is 1. The van der Waals surface area contributed by atoms with Gasteiger partial charge < -0.3 is 15.2 Å². The van der Waals surface area contributed by atoms with Crippen LogP contribution in [0.15, 0.2) is 73.1 Å². The molecule has 9 nitrogen and oxygen atoms in total. The summed E-state index contributed by atoms with van der Waals surface area (Å²) in [7, 11) is 0. The van der Waals surface area contributed by atoms with Gasteiger partial charge in [-0.15, -0.1) is 0 Å². The van der Waals surface area contributed by atoms with Crippen LogP contribution in [0.3, 0.4) is 0 Å². The van der Waals surface area contributed by atoms with Crippen molar-refractivity contribution >= 4 is 23.7 Å². The third-order valence-electron chi connectivity index (χ3n) is 6.28. The number of rotatable bonds is 7. The number of nitrogens with zero attached hydrogens (tertiary/aromatic N) is 2. The van der Waals surface area contributed by atoms with Gasteiger partial charge >= 0.3 is 12.1 Å². The fraction of sp³-hybridized carbons (Fsp3) is 0.231. The third-order valence-corrected chi connectivity index (χ3v) is 6.28. The Labute approximate surface area is 201 Å². The van der Waals surface area contributed by atoms with Gasteiger partial charge in [0.15, 0.2) is 0 Å². The van der Waals surface area contributed by atoms with Crippen molar-refractivity contribution < 1.29 is 24.2 Å². The molecule has 3 N–H and O–H groups in total. The molecule has 3 aromatic rings. The van der Waals surface area contributed by atoms with E-state index in [-0.39, 0.29) is 31.0 Å². The first kappa shape index (κ1) is 22.4. The number of aromatic nitrogens is 2. The molecular formula is C26H24N4O5. The molecule has 178 valence electrons. The van der Waals surface area contributed by atoms with Gasteiger partial charge in [-0.25, -0.2) is 4.79 Å². The van der Waals surface area contributed by atoms with Crippen LogP contribution in [-0.2, 0) is 20.9 Å². The zero-order chi connectivity index (χ0) is 24.4. The van der Waals surface area contributed by atoms with Crippen LogP contribution in [0, 0.1) is 5.92 Å². The number of carboxylic acid groups (broad SMARTS) is 1. The highest BCUT2D eigenvalue weighted by atomic mass is 16.5. The summed E-state index contributed by atoms with van der Waals surface area (Å²) < 4.78 is 6.92. The number of hydrogen-bond donors (Lipinski definition) is 3. The highest BCUT2D eigenvalue weighted by Crippen LogP contribution is 2.44. The average Bonchev–Trinajstić information content (AvgIpc) is 3.56. The van der Waals surface area contributed by atoms with E-state index in [1.165, 1.54) is 17.1 Å². The molecule has 2 atom stereocenters. The molecule has 0 saturated heterocycles. The number of anilines is 1. The number of fused-ring (bicyclic) bond motifs is 3. The lowest BCUT2D eigenvalue weighted by molar-refractivity contribution is -0.140. The fourth-order valence-electron chi connectivity index (χ4n) is 4.66. The maximum atomic E-state index is 12.4. The normalized spacial score (nSPS) is 18.1. The number of nitrogens with one attached hydrogen (secondary N) is 2. The van der Waals surface area contributed by atoms with Crippen molar-refractivity contribution in [3.63, 3.8) is 0 Å². The van der Waals surface area contributed by atoms with Crippen molar-refractivity contribution in [1.82, 2.24) is 15.1 Å². The zero-order valence-electron chi connectivity index (χ0n) is 18.8. The maximum Gasteiger partial charge on any atom is 0.411 e. The van der Waals surface area contributed by atoms with Gasteiger partial charge in [0.1, 0.15) is 13.2 Å². The molecule has 0 fully saturated rings. The molecule has 2 aromatic carbocycles. The second kappa shape index (κ2) is 9.46. The van der Waals surface area contributed by atoms with Crippen LogP contribution < -0.4 is 10.6 Å². The summed E-state index contributed by atoms with van der Waals surface area (Å²) in [6.45, 7) is 0.136. The molecule has 0 radical (unpaired) electrons. The summed E-state index contributed by atoms with van der Waals surface area (Å²) in [4.78, 5) is 35.7. The van der Waals surface area contributed by atoms with Crippen LogP contribution in [-0.4, -0.2) is 45.5 Å². The summed E-state index contributed by atoms with van der Waals surface area (Å²) in [6.07, 6.45) is 5.96. The molecule has 5 rings (SSSR count). The Kier molecular flexibility index (Phi) is 6.05. The van der Waals surface area contributed by atoms with E-state index in [0.29, 0.717) is 12.1 Å². The molecule has 0 saturated carbocycles. The number of hydrogen-bond acceptors (Lipinski definition) is 5. The molecule has 2 aliphatic carbocycles. The van der Waals surface area contributed by atoms with Crippen LogP contribution in [0.5, 0.6) is 0 Å². The van der Waals surface area contributed by atoms with Gasteiger partial charge in [0.05, 0.1) is 17.8 Å². The first-order valence-electron chi connectivity index (χ1n) is 11.3. The van der Waals surface area contributed by atoms with E-state index < -0.39 is 18.0 Å². The minimum Gasteiger partial charge on any atom is -0.481 e. The van der Waals surface area contributed by atoms with Crippen LogP contribution in [0.4, 0.5) is 10.5 Å². The summed E-state index contributed by atoms with van der Waals surface area (Å²) in [6, 6.07) is 15.9. The first-order chi connectivity index (χ1) is 17.0. The Morgan fingerprint density at radius 3 is 2.37 bits per heavy atom. The predicted molar refractivity (Wildman–Crippen MR) is 128 cm³/mol.